The molecule has 0 amide bonds. The fourth-order valence-electron chi connectivity index (χ4n) is 4.54. The van der Waals surface area contributed by atoms with Crippen molar-refractivity contribution in [1.29, 1.82) is 0 Å². The number of phenols is 1. The maximum absolute atomic E-state index is 12.6. The summed E-state index contributed by atoms with van der Waals surface area (Å²) in [6, 6.07) is 10.7. The van der Waals surface area contributed by atoms with Gasteiger partial charge in [0.2, 0.25) is 17.2 Å². The number of benzene rings is 4. The molecule has 0 radical (unpaired) electrons. The molecule has 0 aliphatic rings. The summed E-state index contributed by atoms with van der Waals surface area (Å²) >= 11 is 5.90. The summed E-state index contributed by atoms with van der Waals surface area (Å²) in [5, 5.41) is 28.8. The number of anilines is 4. The van der Waals surface area contributed by atoms with Gasteiger partial charge in [0, 0.05) is 6.07 Å². The number of phenolic OH excluding ortho intramolecular Hbond substituents is 1. The molecule has 0 aliphatic carbocycles. The van der Waals surface area contributed by atoms with Gasteiger partial charge in [-0.15, -0.1) is 15.3 Å². The van der Waals surface area contributed by atoms with Gasteiger partial charge in [-0.3, -0.25) is 13.7 Å². The molecule has 5 aromatic rings. The SMILES string of the molecule is Nc1nc(Cl)nc(Nc2cc(N=Nc3c(N)ccc4cc(S(=O)(=O)O)cc(O)c34)c(S(=O)(=O)O)cc2N=Nc2ccc(S(=O)(=O)CCOS(=O)(=O)O)cc2)n1. The van der Waals surface area contributed by atoms with E-state index < -0.39 is 74.1 Å². The van der Waals surface area contributed by atoms with Gasteiger partial charge in [-0.05, 0) is 65.5 Å². The fourth-order valence-corrected chi connectivity index (χ4v) is 7.36. The minimum Gasteiger partial charge on any atom is -0.507 e. The van der Waals surface area contributed by atoms with Gasteiger partial charge in [0.15, 0.2) is 9.84 Å². The van der Waals surface area contributed by atoms with Crippen molar-refractivity contribution in [2.45, 2.75) is 14.7 Å². The third-order valence-corrected chi connectivity index (χ3v) is 11.0. The lowest BCUT2D eigenvalue weighted by atomic mass is 10.1. The highest BCUT2D eigenvalue weighted by Gasteiger charge is 2.22. The topological polar surface area (TPSA) is 379 Å². The second-order valence-electron chi connectivity index (χ2n) is 10.7. The average Bonchev–Trinajstić information content (AvgIpc) is 3.05. The zero-order valence-electron chi connectivity index (χ0n) is 26.9. The van der Waals surface area contributed by atoms with Crippen LogP contribution in [-0.4, -0.2) is 79.7 Å². The van der Waals surface area contributed by atoms with Crippen molar-refractivity contribution in [3.8, 4) is 5.75 Å². The molecule has 9 N–H and O–H groups in total. The zero-order valence-corrected chi connectivity index (χ0v) is 31.0. The summed E-state index contributed by atoms with van der Waals surface area (Å²) < 4.78 is 127. The lowest BCUT2D eigenvalue weighted by Gasteiger charge is -2.12. The number of hydrogen-bond donors (Lipinski definition) is 7. The van der Waals surface area contributed by atoms with Gasteiger partial charge < -0.3 is 21.9 Å². The van der Waals surface area contributed by atoms with E-state index in [4.69, 9.17) is 27.6 Å². The van der Waals surface area contributed by atoms with Crippen LogP contribution >= 0.6 is 11.6 Å². The maximum Gasteiger partial charge on any atom is 0.397 e. The largest absolute Gasteiger partial charge is 0.507 e. The van der Waals surface area contributed by atoms with Gasteiger partial charge in [-0.1, -0.05) is 6.07 Å². The van der Waals surface area contributed by atoms with Crippen molar-refractivity contribution in [2.75, 3.05) is 29.1 Å². The molecule has 0 bridgehead atoms. The number of nitrogens with two attached hydrogens (primary N) is 2. The van der Waals surface area contributed by atoms with Gasteiger partial charge in [-0.25, -0.2) is 12.6 Å². The Bertz CT molecular complexity index is 2840. The first-order chi connectivity index (χ1) is 25.5. The van der Waals surface area contributed by atoms with Crippen LogP contribution in [0.25, 0.3) is 10.8 Å². The van der Waals surface area contributed by atoms with Crippen LogP contribution < -0.4 is 16.8 Å². The molecule has 0 spiro atoms. The lowest BCUT2D eigenvalue weighted by Crippen LogP contribution is -2.15. The lowest BCUT2D eigenvalue weighted by molar-refractivity contribution is 0.284. The van der Waals surface area contributed by atoms with E-state index >= 15 is 0 Å². The number of nitrogens with one attached hydrogen (secondary N) is 1. The predicted octanol–water partition coefficient (Wildman–Crippen LogP) is 4.21. The number of azo groups is 2. The number of rotatable bonds is 13. The third kappa shape index (κ3) is 10.2. The van der Waals surface area contributed by atoms with Crippen molar-refractivity contribution in [2.24, 2.45) is 20.5 Å². The molecule has 0 unspecified atom stereocenters. The van der Waals surface area contributed by atoms with E-state index in [1.165, 1.54) is 24.3 Å². The molecule has 28 heteroatoms. The van der Waals surface area contributed by atoms with Crippen molar-refractivity contribution >= 4 is 109 Å². The monoisotopic (exact) mass is 858 g/mol. The summed E-state index contributed by atoms with van der Waals surface area (Å²) in [6.07, 6.45) is 0. The summed E-state index contributed by atoms with van der Waals surface area (Å²) in [5.41, 5.74) is 10.3. The van der Waals surface area contributed by atoms with Crippen LogP contribution in [0.5, 0.6) is 5.75 Å². The fraction of sp³-hybridized carbons (Fsp3) is 0.0741. The van der Waals surface area contributed by atoms with E-state index in [2.05, 4.69) is 44.9 Å². The highest BCUT2D eigenvalue weighted by atomic mass is 35.5. The second-order valence-corrected chi connectivity index (χ2v) is 17.1. The van der Waals surface area contributed by atoms with Crippen molar-refractivity contribution in [3.05, 3.63) is 65.9 Å². The van der Waals surface area contributed by atoms with E-state index in [1.807, 2.05) is 0 Å². The quantitative estimate of drug-likeness (QED) is 0.0495. The van der Waals surface area contributed by atoms with Crippen LogP contribution in [0.2, 0.25) is 5.28 Å². The molecular weight excluding hydrogens is 836 g/mol. The van der Waals surface area contributed by atoms with E-state index in [-0.39, 0.29) is 61.3 Å². The second kappa shape index (κ2) is 15.3. The normalized spacial score (nSPS) is 12.9. The maximum atomic E-state index is 12.6. The van der Waals surface area contributed by atoms with Gasteiger partial charge >= 0.3 is 10.4 Å². The summed E-state index contributed by atoms with van der Waals surface area (Å²) in [4.78, 5) is 9.56. The first-order valence-electron chi connectivity index (χ1n) is 14.4. The zero-order chi connectivity index (χ0) is 40.5. The highest BCUT2D eigenvalue weighted by molar-refractivity contribution is 7.91. The van der Waals surface area contributed by atoms with Gasteiger partial charge in [0.25, 0.3) is 20.2 Å². The van der Waals surface area contributed by atoms with Crippen molar-refractivity contribution < 1.29 is 56.6 Å². The van der Waals surface area contributed by atoms with E-state index in [1.54, 1.807) is 0 Å². The molecule has 5 rings (SSSR count). The molecule has 0 saturated carbocycles. The van der Waals surface area contributed by atoms with E-state index in [0.29, 0.717) is 0 Å². The van der Waals surface area contributed by atoms with Crippen LogP contribution in [0.15, 0.2) is 95.8 Å². The summed E-state index contributed by atoms with van der Waals surface area (Å²) in [6.45, 7) is -0.863. The summed E-state index contributed by atoms with van der Waals surface area (Å²) in [5.74, 6) is -2.12. The first-order valence-corrected chi connectivity index (χ1v) is 20.7. The number of hydrogen-bond acceptors (Lipinski definition) is 20. The Hall–Kier alpha value is -5.52. The minimum atomic E-state index is -5.14. The molecule has 290 valence electrons. The number of aromatic nitrogens is 3. The third-order valence-electron chi connectivity index (χ3n) is 6.91. The Kier molecular flexibility index (Phi) is 11.3. The Balaban J connectivity index is 1.60. The van der Waals surface area contributed by atoms with Crippen molar-refractivity contribution in [1.82, 2.24) is 15.0 Å². The van der Waals surface area contributed by atoms with Gasteiger partial charge in [0.05, 0.1) is 44.6 Å². The molecule has 0 fully saturated rings. The van der Waals surface area contributed by atoms with E-state index in [9.17, 15) is 47.9 Å². The van der Waals surface area contributed by atoms with Crippen LogP contribution in [0.4, 0.5) is 46.0 Å². The molecule has 0 aliphatic heterocycles. The standard InChI is InChI=1S/C27H23ClN10O13S4/c28-25-32-26(30)34-27(33-25)31-18-11-20(37-38-24-17(29)6-1-13-9-16(53(42,43)44)10-21(39)23(13)24)22(54(45,46)47)12-19(18)36-35-14-2-4-15(5-3-14)52(40,41)8-7-51-55(48,49)50/h1-6,9-12,39H,7-8,29H2,(H,42,43,44)(H,45,46,47)(H,48,49,50)(H3,30,31,32,33,34). The van der Waals surface area contributed by atoms with Crippen molar-refractivity contribution in [3.63, 3.8) is 0 Å². The molecule has 1 aromatic heterocycles. The van der Waals surface area contributed by atoms with Gasteiger partial charge in [-0.2, -0.15) is 45.3 Å². The molecule has 0 atom stereocenters. The summed E-state index contributed by atoms with van der Waals surface area (Å²) in [7, 11) is -18.8. The van der Waals surface area contributed by atoms with Crippen LogP contribution in [0.1, 0.15) is 0 Å². The Morgan fingerprint density at radius 2 is 1.42 bits per heavy atom. The minimum absolute atomic E-state index is 0.00657. The number of nitrogen functional groups attached to an aromatic ring is 2. The molecule has 1 heterocycles. The smallest absolute Gasteiger partial charge is 0.397 e. The van der Waals surface area contributed by atoms with Crippen LogP contribution in [0, 0.1) is 0 Å². The molecule has 55 heavy (non-hydrogen) atoms. The average molecular weight is 859 g/mol. The molecular formula is C27H23ClN10O13S4. The van der Waals surface area contributed by atoms with Gasteiger partial charge in [0.1, 0.15) is 27.7 Å². The highest BCUT2D eigenvalue weighted by Crippen LogP contribution is 2.43. The van der Waals surface area contributed by atoms with Crippen LogP contribution in [0.3, 0.4) is 0 Å². The van der Waals surface area contributed by atoms with E-state index in [0.717, 1.165) is 36.4 Å². The number of nitrogens with zero attached hydrogens (tertiary/aromatic N) is 7. The number of halogens is 1. The molecule has 4 aromatic carbocycles. The molecule has 0 saturated heterocycles. The first kappa shape index (κ1) is 40.7. The number of fused-ring (bicyclic) bond motifs is 1. The predicted molar refractivity (Wildman–Crippen MR) is 193 cm³/mol. The number of sulfone groups is 1. The Labute approximate surface area is 315 Å². The number of aromatic hydroxyl groups is 1. The molecule has 23 nitrogen and oxygen atoms in total. The van der Waals surface area contributed by atoms with Crippen LogP contribution in [-0.2, 0) is 44.7 Å². The Morgan fingerprint density at radius 1 is 0.745 bits per heavy atom. The Morgan fingerprint density at radius 3 is 2.04 bits per heavy atom.